The zero-order chi connectivity index (χ0) is 17.0. The van der Waals surface area contributed by atoms with Gasteiger partial charge in [-0.2, -0.15) is 0 Å². The topological polar surface area (TPSA) is 57.5 Å². The lowest BCUT2D eigenvalue weighted by Crippen LogP contribution is -2.24. The molecule has 0 amide bonds. The lowest BCUT2D eigenvalue weighted by Gasteiger charge is -2.34. The second-order valence-corrected chi connectivity index (χ2v) is 8.68. The fourth-order valence-electron chi connectivity index (χ4n) is 2.67. The molecule has 3 rings (SSSR count). The van der Waals surface area contributed by atoms with Crippen molar-refractivity contribution in [2.45, 2.75) is 9.38 Å². The maximum atomic E-state index is 12.7. The molecule has 0 aliphatic carbocycles. The first kappa shape index (κ1) is 17.0. The molecule has 2 N–H and O–H groups in total. The Balaban J connectivity index is 2.27. The van der Waals surface area contributed by atoms with Gasteiger partial charge in [-0.1, -0.05) is 90.6 Å². The molecule has 122 valence electrons. The normalized spacial score (nSPS) is 12.1. The molecule has 0 atom stereocenters. The van der Waals surface area contributed by atoms with Gasteiger partial charge in [0.15, 0.2) is 4.49 Å². The number of hydrogen-bond donors (Lipinski definition) is 2. The number of hydrogen-bond acceptors (Lipinski definition) is 2. The molecule has 0 radical (unpaired) electrons. The van der Waals surface area contributed by atoms with E-state index in [4.69, 9.17) is 0 Å². The molecular formula is C19H17O3PS. The van der Waals surface area contributed by atoms with Crippen LogP contribution in [-0.4, -0.2) is 9.79 Å². The van der Waals surface area contributed by atoms with Gasteiger partial charge in [0.2, 0.25) is 0 Å². The van der Waals surface area contributed by atoms with Crippen molar-refractivity contribution < 1.29 is 14.4 Å². The van der Waals surface area contributed by atoms with Crippen LogP contribution in [0.1, 0.15) is 11.1 Å². The minimum absolute atomic E-state index is 0.582. The Bertz CT molecular complexity index is 793. The van der Waals surface area contributed by atoms with Crippen LogP contribution in [0.4, 0.5) is 0 Å². The molecule has 5 heteroatoms. The van der Waals surface area contributed by atoms with E-state index in [9.17, 15) is 14.4 Å². The van der Waals surface area contributed by atoms with Gasteiger partial charge in [0, 0.05) is 4.90 Å². The Morgan fingerprint density at radius 2 is 1.04 bits per heavy atom. The summed E-state index contributed by atoms with van der Waals surface area (Å²) in [5, 5.41) is 0. The fraction of sp³-hybridized carbons (Fsp3) is 0.0526. The van der Waals surface area contributed by atoms with Crippen LogP contribution < -0.4 is 0 Å². The Morgan fingerprint density at radius 1 is 0.667 bits per heavy atom. The van der Waals surface area contributed by atoms with Gasteiger partial charge in [-0.15, -0.1) is 0 Å². The standard InChI is InChI=1S/C19H17O3PS/c20-23(21,22)19(16-10-4-1-5-11-16,17-12-6-2-7-13-17)24-18-14-8-3-9-15-18/h1-15H,(H2,20,21,22). The molecule has 24 heavy (non-hydrogen) atoms. The third kappa shape index (κ3) is 3.19. The van der Waals surface area contributed by atoms with Crippen molar-refractivity contribution in [2.75, 3.05) is 0 Å². The van der Waals surface area contributed by atoms with E-state index < -0.39 is 12.1 Å². The van der Waals surface area contributed by atoms with E-state index in [-0.39, 0.29) is 0 Å². The van der Waals surface area contributed by atoms with Gasteiger partial charge >= 0.3 is 7.60 Å². The predicted octanol–water partition coefficient (Wildman–Crippen LogP) is 4.86. The van der Waals surface area contributed by atoms with E-state index in [1.807, 2.05) is 42.5 Å². The lowest BCUT2D eigenvalue weighted by atomic mass is 10.0. The van der Waals surface area contributed by atoms with Crippen molar-refractivity contribution >= 4 is 19.4 Å². The first-order chi connectivity index (χ1) is 11.5. The molecule has 0 aromatic heterocycles. The average molecular weight is 356 g/mol. The van der Waals surface area contributed by atoms with Crippen molar-refractivity contribution in [3.63, 3.8) is 0 Å². The van der Waals surface area contributed by atoms with Gasteiger partial charge in [0.1, 0.15) is 0 Å². The summed E-state index contributed by atoms with van der Waals surface area (Å²) >= 11 is 1.19. The van der Waals surface area contributed by atoms with Crippen LogP contribution in [0.2, 0.25) is 0 Å². The van der Waals surface area contributed by atoms with Crippen LogP contribution in [0.3, 0.4) is 0 Å². The quantitative estimate of drug-likeness (QED) is 0.506. The summed E-state index contributed by atoms with van der Waals surface area (Å²) in [6, 6.07) is 27.3. The Hall–Kier alpha value is -1.84. The molecule has 3 aromatic rings. The summed E-state index contributed by atoms with van der Waals surface area (Å²) < 4.78 is 11.2. The monoisotopic (exact) mass is 356 g/mol. The van der Waals surface area contributed by atoms with Crippen molar-refractivity contribution in [3.05, 3.63) is 102 Å². The number of thioether (sulfide) groups is 1. The van der Waals surface area contributed by atoms with Crippen molar-refractivity contribution in [1.82, 2.24) is 0 Å². The Kier molecular flexibility index (Phi) is 4.93. The lowest BCUT2D eigenvalue weighted by molar-refractivity contribution is 0.359. The van der Waals surface area contributed by atoms with Crippen LogP contribution in [0.25, 0.3) is 0 Å². The second kappa shape index (κ2) is 6.96. The molecule has 3 nitrogen and oxygen atoms in total. The minimum atomic E-state index is -4.55. The molecule has 0 saturated carbocycles. The first-order valence-corrected chi connectivity index (χ1v) is 9.88. The van der Waals surface area contributed by atoms with Gasteiger partial charge in [-0.3, -0.25) is 4.57 Å². The summed E-state index contributed by atoms with van der Waals surface area (Å²) in [4.78, 5) is 21.6. The van der Waals surface area contributed by atoms with Gasteiger partial charge in [0.25, 0.3) is 0 Å². The highest BCUT2D eigenvalue weighted by atomic mass is 32.2. The number of rotatable bonds is 5. The van der Waals surface area contributed by atoms with Crippen molar-refractivity contribution in [2.24, 2.45) is 0 Å². The maximum absolute atomic E-state index is 12.7. The molecule has 0 aliphatic heterocycles. The molecule has 0 heterocycles. The molecule has 0 bridgehead atoms. The minimum Gasteiger partial charge on any atom is -0.323 e. The van der Waals surface area contributed by atoms with Crippen molar-refractivity contribution in [1.29, 1.82) is 0 Å². The van der Waals surface area contributed by atoms with Crippen LogP contribution in [-0.2, 0) is 9.05 Å². The first-order valence-electron chi connectivity index (χ1n) is 7.45. The van der Waals surface area contributed by atoms with Crippen LogP contribution in [0, 0.1) is 0 Å². The summed E-state index contributed by atoms with van der Waals surface area (Å²) in [5.41, 5.74) is 1.16. The van der Waals surface area contributed by atoms with E-state index in [1.54, 1.807) is 48.5 Å². The highest BCUT2D eigenvalue weighted by Gasteiger charge is 2.51. The SMILES string of the molecule is O=P(O)(O)C(Sc1ccccc1)(c1ccccc1)c1ccccc1. The molecule has 0 fully saturated rings. The van der Waals surface area contributed by atoms with E-state index in [0.29, 0.717) is 11.1 Å². The predicted molar refractivity (Wildman–Crippen MR) is 98.0 cm³/mol. The summed E-state index contributed by atoms with van der Waals surface area (Å²) in [5.74, 6) is 0. The van der Waals surface area contributed by atoms with Gasteiger partial charge in [-0.25, -0.2) is 0 Å². The molecule has 0 saturated heterocycles. The molecule has 0 spiro atoms. The van der Waals surface area contributed by atoms with Crippen LogP contribution >= 0.6 is 19.4 Å². The third-order valence-corrected chi connectivity index (χ3v) is 7.35. The van der Waals surface area contributed by atoms with Crippen molar-refractivity contribution in [3.8, 4) is 0 Å². The highest BCUT2D eigenvalue weighted by molar-refractivity contribution is 8.06. The zero-order valence-corrected chi connectivity index (χ0v) is 14.5. The molecule has 0 aliphatic rings. The smallest absolute Gasteiger partial charge is 0.323 e. The van der Waals surface area contributed by atoms with E-state index in [1.165, 1.54) is 11.8 Å². The van der Waals surface area contributed by atoms with E-state index >= 15 is 0 Å². The largest absolute Gasteiger partial charge is 0.350 e. The third-order valence-electron chi connectivity index (χ3n) is 3.75. The van der Waals surface area contributed by atoms with Crippen LogP contribution in [0.15, 0.2) is 95.9 Å². The number of benzene rings is 3. The highest BCUT2D eigenvalue weighted by Crippen LogP contribution is 2.68. The molecular weight excluding hydrogens is 339 g/mol. The zero-order valence-electron chi connectivity index (χ0n) is 12.8. The maximum Gasteiger partial charge on any atom is 0.350 e. The summed E-state index contributed by atoms with van der Waals surface area (Å²) in [6.45, 7) is 0. The Labute approximate surface area is 145 Å². The van der Waals surface area contributed by atoms with E-state index in [0.717, 1.165) is 4.90 Å². The fourth-order valence-corrected chi connectivity index (χ4v) is 5.57. The van der Waals surface area contributed by atoms with Gasteiger partial charge in [-0.05, 0) is 23.3 Å². The van der Waals surface area contributed by atoms with Gasteiger partial charge in [0.05, 0.1) is 0 Å². The molecule has 0 unspecified atom stereocenters. The summed E-state index contributed by atoms with van der Waals surface area (Å²) in [7, 11) is -4.55. The van der Waals surface area contributed by atoms with Gasteiger partial charge < -0.3 is 9.79 Å². The average Bonchev–Trinajstić information content (AvgIpc) is 2.61. The molecule has 3 aromatic carbocycles. The van der Waals surface area contributed by atoms with E-state index in [2.05, 4.69) is 0 Å². The van der Waals surface area contributed by atoms with Crippen LogP contribution in [0.5, 0.6) is 0 Å². The Morgan fingerprint density at radius 3 is 1.42 bits per heavy atom. The summed E-state index contributed by atoms with van der Waals surface area (Å²) in [6.07, 6.45) is 0. The second-order valence-electron chi connectivity index (χ2n) is 5.34.